The molecule has 1 unspecified atom stereocenters. The zero-order chi connectivity index (χ0) is 26.8. The molecule has 1 aromatic heterocycles. The fourth-order valence-electron chi connectivity index (χ4n) is 4.93. The topological polar surface area (TPSA) is 128 Å². The number of cyclic esters (lactones) is 1. The Labute approximate surface area is 224 Å². The van der Waals surface area contributed by atoms with Gasteiger partial charge in [0, 0.05) is 42.7 Å². The molecule has 2 aliphatic heterocycles. The standard InChI is InChI=1S/C27H28ClN5O5/c1-32(26(35)36)18-9-10-19-20(14-18)30-24(34)8-3-2-7-22(25-29-15-21(19)31-25)33-12-11-23(38-27(33)37)16-5-4-6-17(28)13-16/h4-6,9-10,13-15,22-23H,2-3,7-8,11-12H2,1H3,(H,29,31)(H,30,34)(H,35,36)/t22-,23?/m0/s1. The molecule has 0 radical (unpaired) electrons. The average Bonchev–Trinajstić information content (AvgIpc) is 3.38. The van der Waals surface area contributed by atoms with Crippen molar-refractivity contribution < 1.29 is 24.2 Å². The molecule has 2 atom stereocenters. The van der Waals surface area contributed by atoms with Gasteiger partial charge in [0.2, 0.25) is 5.91 Å². The number of fused-ring (bicyclic) bond motifs is 4. The minimum atomic E-state index is -1.11. The van der Waals surface area contributed by atoms with E-state index in [4.69, 9.17) is 16.3 Å². The number of nitrogens with one attached hydrogen (secondary N) is 2. The highest BCUT2D eigenvalue weighted by Gasteiger charge is 2.35. The molecule has 2 bridgehead atoms. The van der Waals surface area contributed by atoms with Crippen LogP contribution in [0.25, 0.3) is 11.3 Å². The zero-order valence-corrected chi connectivity index (χ0v) is 21.6. The van der Waals surface area contributed by atoms with Crippen molar-refractivity contribution in [3.05, 3.63) is 65.1 Å². The van der Waals surface area contributed by atoms with Gasteiger partial charge < -0.3 is 20.1 Å². The van der Waals surface area contributed by atoms with E-state index in [-0.39, 0.29) is 18.1 Å². The van der Waals surface area contributed by atoms with E-state index in [1.54, 1.807) is 35.4 Å². The molecular formula is C27H28ClN5O5. The molecule has 10 nitrogen and oxygen atoms in total. The summed E-state index contributed by atoms with van der Waals surface area (Å²) in [5.41, 5.74) is 3.08. The number of aromatic amines is 1. The number of hydrogen-bond donors (Lipinski definition) is 3. The normalized spacial score (nSPS) is 19.9. The van der Waals surface area contributed by atoms with Gasteiger partial charge in [0.15, 0.2) is 0 Å². The molecule has 0 saturated carbocycles. The number of H-pyrrole nitrogens is 1. The van der Waals surface area contributed by atoms with Crippen LogP contribution in [0.4, 0.5) is 21.0 Å². The van der Waals surface area contributed by atoms with Crippen LogP contribution in [0.5, 0.6) is 0 Å². The smallest absolute Gasteiger partial charge is 0.411 e. The predicted molar refractivity (Wildman–Crippen MR) is 142 cm³/mol. The van der Waals surface area contributed by atoms with Gasteiger partial charge in [-0.2, -0.15) is 0 Å². The lowest BCUT2D eigenvalue weighted by Crippen LogP contribution is -2.42. The fourth-order valence-corrected chi connectivity index (χ4v) is 5.13. The number of ether oxygens (including phenoxy) is 1. The highest BCUT2D eigenvalue weighted by Crippen LogP contribution is 2.37. The highest BCUT2D eigenvalue weighted by molar-refractivity contribution is 6.30. The quantitative estimate of drug-likeness (QED) is 0.377. The monoisotopic (exact) mass is 537 g/mol. The summed E-state index contributed by atoms with van der Waals surface area (Å²) >= 11 is 6.13. The lowest BCUT2D eigenvalue weighted by molar-refractivity contribution is -0.116. The SMILES string of the molecule is CN(C(=O)O)c1ccc2c(c1)NC(=O)CCCC[C@H](N1CCC(c3cccc(Cl)c3)OC1=O)c1ncc-2[nH]1. The average molecular weight is 538 g/mol. The van der Waals surface area contributed by atoms with E-state index in [0.717, 1.165) is 10.5 Å². The predicted octanol–water partition coefficient (Wildman–Crippen LogP) is 5.98. The molecule has 2 aromatic carbocycles. The van der Waals surface area contributed by atoms with Crippen molar-refractivity contribution in [2.24, 2.45) is 0 Å². The van der Waals surface area contributed by atoms with Crippen LogP contribution in [0.3, 0.4) is 0 Å². The zero-order valence-electron chi connectivity index (χ0n) is 20.8. The number of carbonyl (C=O) groups excluding carboxylic acids is 2. The largest absolute Gasteiger partial charge is 0.465 e. The Morgan fingerprint density at radius 3 is 2.79 bits per heavy atom. The Balaban J connectivity index is 1.43. The van der Waals surface area contributed by atoms with Crippen LogP contribution < -0.4 is 10.2 Å². The molecule has 1 fully saturated rings. The van der Waals surface area contributed by atoms with Gasteiger partial charge in [0.1, 0.15) is 11.9 Å². The lowest BCUT2D eigenvalue weighted by atomic mass is 10.0. The Bertz CT molecular complexity index is 1380. The van der Waals surface area contributed by atoms with E-state index >= 15 is 0 Å². The number of imidazole rings is 1. The molecule has 3 aromatic rings. The van der Waals surface area contributed by atoms with Gasteiger partial charge in [-0.25, -0.2) is 14.6 Å². The number of halogens is 1. The first-order valence-corrected chi connectivity index (χ1v) is 12.9. The Hall–Kier alpha value is -4.05. The number of rotatable bonds is 3. The lowest BCUT2D eigenvalue weighted by Gasteiger charge is -2.36. The van der Waals surface area contributed by atoms with E-state index in [0.29, 0.717) is 72.1 Å². The Morgan fingerprint density at radius 1 is 1.18 bits per heavy atom. The maximum Gasteiger partial charge on any atom is 0.411 e. The minimum Gasteiger partial charge on any atom is -0.465 e. The van der Waals surface area contributed by atoms with Crippen LogP contribution >= 0.6 is 11.6 Å². The Kier molecular flexibility index (Phi) is 7.24. The molecule has 1 saturated heterocycles. The second kappa shape index (κ2) is 10.7. The molecular weight excluding hydrogens is 510 g/mol. The van der Waals surface area contributed by atoms with E-state index in [9.17, 15) is 19.5 Å². The van der Waals surface area contributed by atoms with Gasteiger partial charge in [-0.05, 0) is 48.7 Å². The summed E-state index contributed by atoms with van der Waals surface area (Å²) in [5.74, 6) is 0.461. The van der Waals surface area contributed by atoms with Gasteiger partial charge in [-0.15, -0.1) is 0 Å². The molecule has 5 rings (SSSR count). The summed E-state index contributed by atoms with van der Waals surface area (Å²) in [6.45, 7) is 0.485. The number of carboxylic acid groups (broad SMARTS) is 1. The fraction of sp³-hybridized carbons (Fsp3) is 0.333. The number of carbonyl (C=O) groups is 3. The minimum absolute atomic E-state index is 0.167. The summed E-state index contributed by atoms with van der Waals surface area (Å²) in [6.07, 6.45) is 2.61. The first-order valence-electron chi connectivity index (χ1n) is 12.5. The summed E-state index contributed by atoms with van der Waals surface area (Å²) in [4.78, 5) is 48.0. The van der Waals surface area contributed by atoms with E-state index < -0.39 is 12.2 Å². The van der Waals surface area contributed by atoms with Gasteiger partial charge in [0.25, 0.3) is 0 Å². The third kappa shape index (κ3) is 5.31. The number of hydrogen-bond acceptors (Lipinski definition) is 5. The molecule has 38 heavy (non-hydrogen) atoms. The van der Waals surface area contributed by atoms with Crippen molar-refractivity contribution in [3.8, 4) is 11.3 Å². The van der Waals surface area contributed by atoms with Crippen LogP contribution in [0, 0.1) is 0 Å². The highest BCUT2D eigenvalue weighted by atomic mass is 35.5. The second-order valence-corrected chi connectivity index (χ2v) is 9.91. The van der Waals surface area contributed by atoms with Crippen molar-refractivity contribution in [3.63, 3.8) is 0 Å². The second-order valence-electron chi connectivity index (χ2n) is 9.47. The molecule has 0 aliphatic carbocycles. The third-order valence-corrected chi connectivity index (χ3v) is 7.23. The van der Waals surface area contributed by atoms with Gasteiger partial charge in [0.05, 0.1) is 23.6 Å². The Morgan fingerprint density at radius 2 is 2.03 bits per heavy atom. The van der Waals surface area contributed by atoms with E-state index in [1.807, 2.05) is 18.2 Å². The summed E-state index contributed by atoms with van der Waals surface area (Å²) in [7, 11) is 1.44. The molecule has 0 spiro atoms. The van der Waals surface area contributed by atoms with Crippen molar-refractivity contribution in [2.75, 3.05) is 23.8 Å². The van der Waals surface area contributed by atoms with Crippen LogP contribution in [0.2, 0.25) is 5.02 Å². The first-order chi connectivity index (χ1) is 18.3. The van der Waals surface area contributed by atoms with Crippen molar-refractivity contribution in [2.45, 2.75) is 44.2 Å². The summed E-state index contributed by atoms with van der Waals surface area (Å²) in [6, 6.07) is 12.0. The first kappa shape index (κ1) is 25.6. The maximum absolute atomic E-state index is 13.2. The van der Waals surface area contributed by atoms with E-state index in [1.165, 1.54) is 7.05 Å². The van der Waals surface area contributed by atoms with Gasteiger partial charge >= 0.3 is 12.2 Å². The molecule has 2 aliphatic rings. The van der Waals surface area contributed by atoms with Crippen LogP contribution in [0.1, 0.15) is 55.6 Å². The summed E-state index contributed by atoms with van der Waals surface area (Å²) in [5, 5.41) is 12.9. The van der Waals surface area contributed by atoms with Gasteiger partial charge in [-0.1, -0.05) is 30.2 Å². The molecule has 3 N–H and O–H groups in total. The van der Waals surface area contributed by atoms with Crippen LogP contribution in [-0.2, 0) is 9.53 Å². The van der Waals surface area contributed by atoms with Crippen molar-refractivity contribution in [1.29, 1.82) is 0 Å². The number of aromatic nitrogens is 2. The number of nitrogens with zero attached hydrogens (tertiary/aromatic N) is 3. The van der Waals surface area contributed by atoms with Crippen LogP contribution in [0.15, 0.2) is 48.7 Å². The van der Waals surface area contributed by atoms with Crippen LogP contribution in [-0.4, -0.2) is 51.7 Å². The maximum atomic E-state index is 13.2. The number of amides is 3. The van der Waals surface area contributed by atoms with E-state index in [2.05, 4.69) is 15.3 Å². The molecule has 3 heterocycles. The molecule has 198 valence electrons. The number of benzene rings is 2. The number of anilines is 2. The van der Waals surface area contributed by atoms with Crippen molar-refractivity contribution in [1.82, 2.24) is 14.9 Å². The van der Waals surface area contributed by atoms with Gasteiger partial charge in [-0.3, -0.25) is 14.6 Å². The van der Waals surface area contributed by atoms with Crippen molar-refractivity contribution >= 4 is 41.1 Å². The summed E-state index contributed by atoms with van der Waals surface area (Å²) < 4.78 is 5.81. The molecule has 3 amide bonds. The third-order valence-electron chi connectivity index (χ3n) is 6.99. The molecule has 11 heteroatoms.